The highest BCUT2D eigenvalue weighted by molar-refractivity contribution is 9.11. The molecular formula is C17H14BrN3O2S. The quantitative estimate of drug-likeness (QED) is 0.659. The Kier molecular flexibility index (Phi) is 4.07. The molecule has 24 heavy (non-hydrogen) atoms. The summed E-state index contributed by atoms with van der Waals surface area (Å²) in [4.78, 5) is 32.2. The molecule has 0 saturated carbocycles. The molecule has 0 bridgehead atoms. The van der Waals surface area contributed by atoms with Gasteiger partial charge in [0.25, 0.3) is 5.56 Å². The fourth-order valence-electron chi connectivity index (χ4n) is 3.25. The van der Waals surface area contributed by atoms with Gasteiger partial charge in [-0.2, -0.15) is 0 Å². The largest absolute Gasteiger partial charge is 0.315 e. The van der Waals surface area contributed by atoms with Crippen LogP contribution in [-0.4, -0.2) is 28.8 Å². The van der Waals surface area contributed by atoms with Gasteiger partial charge in [0.15, 0.2) is 5.78 Å². The molecule has 0 aliphatic carbocycles. The Hall–Kier alpha value is -1.83. The molecular weight excluding hydrogens is 390 g/mol. The van der Waals surface area contributed by atoms with Crippen LogP contribution in [0.15, 0.2) is 45.2 Å². The van der Waals surface area contributed by atoms with E-state index in [9.17, 15) is 9.59 Å². The molecule has 2 N–H and O–H groups in total. The van der Waals surface area contributed by atoms with Crippen molar-refractivity contribution in [2.45, 2.75) is 5.92 Å². The predicted molar refractivity (Wildman–Crippen MR) is 97.8 cm³/mol. The number of hydrogen-bond acceptors (Lipinski definition) is 5. The van der Waals surface area contributed by atoms with Crippen molar-refractivity contribution in [3.63, 3.8) is 0 Å². The first-order valence-electron chi connectivity index (χ1n) is 7.61. The van der Waals surface area contributed by atoms with Crippen LogP contribution in [0.4, 0.5) is 0 Å². The molecule has 1 saturated heterocycles. The second-order valence-electron chi connectivity index (χ2n) is 5.85. The summed E-state index contributed by atoms with van der Waals surface area (Å²) in [5.74, 6) is 0.151. The summed E-state index contributed by atoms with van der Waals surface area (Å²) in [5.41, 5.74) is 1.56. The maximum Gasteiger partial charge on any atom is 0.258 e. The molecule has 1 aliphatic rings. The number of H-pyrrole nitrogens is 1. The summed E-state index contributed by atoms with van der Waals surface area (Å²) >= 11 is 4.88. The van der Waals surface area contributed by atoms with Gasteiger partial charge < -0.3 is 10.3 Å². The van der Waals surface area contributed by atoms with E-state index in [1.54, 1.807) is 6.07 Å². The van der Waals surface area contributed by atoms with E-state index in [1.165, 1.54) is 17.7 Å². The minimum atomic E-state index is -0.146. The number of carbonyl (C=O) groups is 1. The van der Waals surface area contributed by atoms with Crippen LogP contribution in [0.1, 0.15) is 21.2 Å². The highest BCUT2D eigenvalue weighted by Crippen LogP contribution is 2.34. The van der Waals surface area contributed by atoms with Gasteiger partial charge in [0.1, 0.15) is 0 Å². The van der Waals surface area contributed by atoms with Crippen LogP contribution >= 0.6 is 27.3 Å². The zero-order valence-corrected chi connectivity index (χ0v) is 15.0. The Morgan fingerprint density at radius 1 is 1.25 bits per heavy atom. The third-order valence-corrected chi connectivity index (χ3v) is 6.10. The molecule has 1 aliphatic heterocycles. The Balaban J connectivity index is 1.70. The van der Waals surface area contributed by atoms with Gasteiger partial charge in [0.05, 0.1) is 25.9 Å². The van der Waals surface area contributed by atoms with Crippen LogP contribution in [0.2, 0.25) is 0 Å². The average molecular weight is 404 g/mol. The lowest BCUT2D eigenvalue weighted by Crippen LogP contribution is -2.21. The van der Waals surface area contributed by atoms with E-state index >= 15 is 0 Å². The van der Waals surface area contributed by atoms with Gasteiger partial charge in [-0.05, 0) is 45.8 Å². The van der Waals surface area contributed by atoms with E-state index in [2.05, 4.69) is 31.2 Å². The third-order valence-electron chi connectivity index (χ3n) is 4.46. The molecule has 0 unspecified atom stereocenters. The van der Waals surface area contributed by atoms with Crippen LogP contribution in [0.3, 0.4) is 0 Å². The van der Waals surface area contributed by atoms with E-state index in [0.29, 0.717) is 17.4 Å². The van der Waals surface area contributed by atoms with Crippen LogP contribution in [0.25, 0.3) is 10.9 Å². The van der Waals surface area contributed by atoms with Gasteiger partial charge in [0.2, 0.25) is 0 Å². The number of benzene rings is 1. The molecule has 0 amide bonds. The van der Waals surface area contributed by atoms with E-state index in [1.807, 2.05) is 24.3 Å². The topological polar surface area (TPSA) is 74.8 Å². The fourth-order valence-corrected chi connectivity index (χ4v) is 4.64. The molecule has 0 spiro atoms. The van der Waals surface area contributed by atoms with Gasteiger partial charge in [-0.3, -0.25) is 9.59 Å². The molecule has 2 atom stereocenters. The smallest absolute Gasteiger partial charge is 0.258 e. The first kappa shape index (κ1) is 15.7. The van der Waals surface area contributed by atoms with E-state index in [4.69, 9.17) is 0 Å². The van der Waals surface area contributed by atoms with Crippen LogP contribution in [0, 0.1) is 5.92 Å². The van der Waals surface area contributed by atoms with Crippen LogP contribution in [-0.2, 0) is 0 Å². The van der Waals surface area contributed by atoms with Crippen molar-refractivity contribution < 1.29 is 4.79 Å². The van der Waals surface area contributed by atoms with Gasteiger partial charge in [0, 0.05) is 24.9 Å². The first-order valence-corrected chi connectivity index (χ1v) is 9.22. The third kappa shape index (κ3) is 2.72. The monoisotopic (exact) mass is 403 g/mol. The number of aromatic amines is 1. The number of fused-ring (bicyclic) bond motifs is 1. The maximum atomic E-state index is 12.8. The summed E-state index contributed by atoms with van der Waals surface area (Å²) in [5, 5.41) is 3.89. The lowest BCUT2D eigenvalue weighted by Gasteiger charge is -2.17. The Labute approximate surface area is 150 Å². The Morgan fingerprint density at radius 2 is 2.12 bits per heavy atom. The summed E-state index contributed by atoms with van der Waals surface area (Å²) in [6.07, 6.45) is 1.41. The number of thiophene rings is 1. The first-order chi connectivity index (χ1) is 11.6. The second kappa shape index (κ2) is 6.23. The number of rotatable bonds is 3. The summed E-state index contributed by atoms with van der Waals surface area (Å²) in [6.45, 7) is 1.41. The number of nitrogens with zero attached hydrogens (tertiary/aromatic N) is 1. The Morgan fingerprint density at radius 3 is 2.92 bits per heavy atom. The van der Waals surface area contributed by atoms with E-state index < -0.39 is 0 Å². The van der Waals surface area contributed by atoms with Crippen molar-refractivity contribution in [3.05, 3.63) is 61.2 Å². The standard InChI is InChI=1S/C17H14BrN3O2S/c18-15-4-3-14(24-15)16(22)12-7-19-6-11(12)9-1-2-10-13(5-9)20-8-21-17(10)23/h1-5,8,11-12,19H,6-7H2,(H,20,21,23)/t11-,12+/m1/s1. The molecule has 3 heterocycles. The van der Waals surface area contributed by atoms with Gasteiger partial charge in [-0.1, -0.05) is 6.07 Å². The van der Waals surface area contributed by atoms with Crippen molar-refractivity contribution in [2.75, 3.05) is 13.1 Å². The van der Waals surface area contributed by atoms with Crippen LogP contribution < -0.4 is 10.9 Å². The van der Waals surface area contributed by atoms with Crippen molar-refractivity contribution >= 4 is 44.0 Å². The minimum Gasteiger partial charge on any atom is -0.315 e. The van der Waals surface area contributed by atoms with E-state index in [0.717, 1.165) is 20.8 Å². The van der Waals surface area contributed by atoms with Crippen molar-refractivity contribution in [1.29, 1.82) is 0 Å². The molecule has 1 aromatic carbocycles. The number of halogens is 1. The molecule has 122 valence electrons. The second-order valence-corrected chi connectivity index (χ2v) is 8.31. The number of ketones is 1. The highest BCUT2D eigenvalue weighted by Gasteiger charge is 2.35. The highest BCUT2D eigenvalue weighted by atomic mass is 79.9. The van der Waals surface area contributed by atoms with Gasteiger partial charge >= 0.3 is 0 Å². The van der Waals surface area contributed by atoms with Gasteiger partial charge in [-0.25, -0.2) is 4.98 Å². The maximum absolute atomic E-state index is 12.8. The zero-order chi connectivity index (χ0) is 16.7. The SMILES string of the molecule is O=C(c1ccc(Br)s1)[C@H]1CNC[C@@H]1c1ccc2c(=O)[nH]cnc2c1. The predicted octanol–water partition coefficient (Wildman–Crippen LogP) is 2.93. The summed E-state index contributed by atoms with van der Waals surface area (Å²) in [7, 11) is 0. The molecule has 5 nitrogen and oxygen atoms in total. The summed E-state index contributed by atoms with van der Waals surface area (Å²) in [6, 6.07) is 9.42. The fraction of sp³-hybridized carbons (Fsp3) is 0.235. The van der Waals surface area contributed by atoms with Crippen LogP contribution in [0.5, 0.6) is 0 Å². The average Bonchev–Trinajstić information content (AvgIpc) is 3.23. The van der Waals surface area contributed by atoms with E-state index in [-0.39, 0.29) is 23.2 Å². The molecule has 3 aromatic rings. The summed E-state index contributed by atoms with van der Waals surface area (Å²) < 4.78 is 0.961. The van der Waals surface area contributed by atoms with Crippen molar-refractivity contribution in [2.24, 2.45) is 5.92 Å². The molecule has 1 fully saturated rings. The van der Waals surface area contributed by atoms with Crippen molar-refractivity contribution in [1.82, 2.24) is 15.3 Å². The number of carbonyl (C=O) groups excluding carboxylic acids is 1. The van der Waals surface area contributed by atoms with Crippen molar-refractivity contribution in [3.8, 4) is 0 Å². The molecule has 4 rings (SSSR count). The number of aromatic nitrogens is 2. The number of hydrogen-bond donors (Lipinski definition) is 2. The lowest BCUT2D eigenvalue weighted by atomic mass is 9.85. The Bertz CT molecular complexity index is 981. The van der Waals surface area contributed by atoms with Gasteiger partial charge in [-0.15, -0.1) is 11.3 Å². The normalized spacial score (nSPS) is 20.5. The number of nitrogens with one attached hydrogen (secondary N) is 2. The lowest BCUT2D eigenvalue weighted by molar-refractivity contribution is 0.0925. The minimum absolute atomic E-state index is 0.0869. The number of Topliss-reactive ketones (excluding diaryl/α,β-unsaturated/α-hetero) is 1. The molecule has 0 radical (unpaired) electrons. The molecule has 7 heteroatoms. The molecule has 2 aromatic heterocycles. The zero-order valence-electron chi connectivity index (χ0n) is 12.6.